The zero-order chi connectivity index (χ0) is 13.7. The lowest BCUT2D eigenvalue weighted by Gasteiger charge is -2.18. The first-order valence-electron chi connectivity index (χ1n) is 6.74. The molecule has 0 aliphatic rings. The molecule has 19 heavy (non-hydrogen) atoms. The molecule has 0 aliphatic carbocycles. The summed E-state index contributed by atoms with van der Waals surface area (Å²) in [5.41, 5.74) is 3.74. The predicted octanol–water partition coefficient (Wildman–Crippen LogP) is 4.38. The first-order chi connectivity index (χ1) is 9.20. The van der Waals surface area contributed by atoms with E-state index in [1.165, 1.54) is 23.3 Å². The average molecular weight is 257 g/mol. The van der Waals surface area contributed by atoms with Gasteiger partial charge < -0.3 is 5.32 Å². The second kappa shape index (κ2) is 6.48. The van der Waals surface area contributed by atoms with Crippen LogP contribution in [0.15, 0.2) is 48.5 Å². The maximum atomic E-state index is 12.9. The second-order valence-corrected chi connectivity index (χ2v) is 4.82. The summed E-state index contributed by atoms with van der Waals surface area (Å²) < 4.78 is 12.9. The van der Waals surface area contributed by atoms with Crippen molar-refractivity contribution in [3.8, 4) is 0 Å². The van der Waals surface area contributed by atoms with Crippen molar-refractivity contribution < 1.29 is 4.39 Å². The van der Waals surface area contributed by atoms with Gasteiger partial charge in [-0.15, -0.1) is 0 Å². The minimum absolute atomic E-state index is 0.183. The van der Waals surface area contributed by atoms with Crippen LogP contribution in [0.2, 0.25) is 0 Å². The quantitative estimate of drug-likeness (QED) is 0.838. The first kappa shape index (κ1) is 13.8. The molecule has 1 N–H and O–H groups in total. The highest BCUT2D eigenvalue weighted by Crippen LogP contribution is 2.18. The van der Waals surface area contributed by atoms with E-state index in [-0.39, 0.29) is 11.9 Å². The molecule has 0 heterocycles. The summed E-state index contributed by atoms with van der Waals surface area (Å²) in [6.45, 7) is 5.09. The van der Waals surface area contributed by atoms with Gasteiger partial charge >= 0.3 is 0 Å². The van der Waals surface area contributed by atoms with Gasteiger partial charge in [0.25, 0.3) is 0 Å². The summed E-state index contributed by atoms with van der Waals surface area (Å²) in [4.78, 5) is 0. The van der Waals surface area contributed by atoms with Crippen LogP contribution in [-0.4, -0.2) is 0 Å². The van der Waals surface area contributed by atoms with Crippen molar-refractivity contribution in [3.05, 3.63) is 71.0 Å². The van der Waals surface area contributed by atoms with Crippen LogP contribution in [0.1, 0.15) is 36.1 Å². The molecule has 1 atom stereocenters. The third-order valence-corrected chi connectivity index (χ3v) is 3.48. The molecule has 2 aromatic rings. The monoisotopic (exact) mass is 257 g/mol. The molecule has 0 aromatic heterocycles. The van der Waals surface area contributed by atoms with Crippen molar-refractivity contribution in [1.29, 1.82) is 0 Å². The highest BCUT2D eigenvalue weighted by atomic mass is 19.1. The van der Waals surface area contributed by atoms with Crippen LogP contribution in [0.5, 0.6) is 0 Å². The Hall–Kier alpha value is -1.67. The number of hydrogen-bond acceptors (Lipinski definition) is 1. The van der Waals surface area contributed by atoms with Crippen LogP contribution in [-0.2, 0) is 6.54 Å². The Morgan fingerprint density at radius 1 is 1.05 bits per heavy atom. The van der Waals surface area contributed by atoms with E-state index in [2.05, 4.69) is 43.4 Å². The highest BCUT2D eigenvalue weighted by molar-refractivity contribution is 5.26. The van der Waals surface area contributed by atoms with Gasteiger partial charge in [-0.3, -0.25) is 0 Å². The van der Waals surface area contributed by atoms with Gasteiger partial charge in [-0.25, -0.2) is 4.39 Å². The van der Waals surface area contributed by atoms with Crippen molar-refractivity contribution in [2.24, 2.45) is 0 Å². The maximum absolute atomic E-state index is 12.9. The number of aryl methyl sites for hydroxylation is 1. The van der Waals surface area contributed by atoms with Gasteiger partial charge in [-0.2, -0.15) is 0 Å². The SMILES string of the molecule is CCC(NCc1ccccc1C)c1ccc(F)cc1. The molecule has 0 amide bonds. The lowest BCUT2D eigenvalue weighted by atomic mass is 10.0. The number of hydrogen-bond donors (Lipinski definition) is 1. The Kier molecular flexibility index (Phi) is 4.69. The van der Waals surface area contributed by atoms with E-state index < -0.39 is 0 Å². The van der Waals surface area contributed by atoms with E-state index in [1.54, 1.807) is 0 Å². The van der Waals surface area contributed by atoms with Crippen LogP contribution < -0.4 is 5.32 Å². The Morgan fingerprint density at radius 2 is 1.74 bits per heavy atom. The zero-order valence-electron chi connectivity index (χ0n) is 11.5. The van der Waals surface area contributed by atoms with Crippen LogP contribution in [0.3, 0.4) is 0 Å². The lowest BCUT2D eigenvalue weighted by Crippen LogP contribution is -2.20. The molecule has 0 aliphatic heterocycles. The lowest BCUT2D eigenvalue weighted by molar-refractivity contribution is 0.516. The smallest absolute Gasteiger partial charge is 0.123 e. The van der Waals surface area contributed by atoms with Gasteiger partial charge in [0.2, 0.25) is 0 Å². The molecule has 1 nitrogen and oxygen atoms in total. The third-order valence-electron chi connectivity index (χ3n) is 3.48. The molecule has 0 saturated carbocycles. The molecule has 2 rings (SSSR count). The standard InChI is InChI=1S/C17H20FN/c1-3-17(14-8-10-16(18)11-9-14)19-12-15-7-5-4-6-13(15)2/h4-11,17,19H,3,12H2,1-2H3. The zero-order valence-corrected chi connectivity index (χ0v) is 11.5. The molecule has 100 valence electrons. The van der Waals surface area contributed by atoms with Crippen molar-refractivity contribution in [2.45, 2.75) is 32.9 Å². The minimum atomic E-state index is -0.183. The number of benzene rings is 2. The number of rotatable bonds is 5. The van der Waals surface area contributed by atoms with Gasteiger partial charge in [0.15, 0.2) is 0 Å². The fraction of sp³-hybridized carbons (Fsp3) is 0.294. The van der Waals surface area contributed by atoms with Crippen LogP contribution in [0.4, 0.5) is 4.39 Å². The van der Waals surface area contributed by atoms with E-state index in [0.717, 1.165) is 18.5 Å². The Bertz CT molecular complexity index is 519. The molecular formula is C17H20FN. The van der Waals surface area contributed by atoms with Crippen LogP contribution in [0, 0.1) is 12.7 Å². The molecule has 2 aromatic carbocycles. The van der Waals surface area contributed by atoms with E-state index in [0.29, 0.717) is 0 Å². The molecule has 0 spiro atoms. The van der Waals surface area contributed by atoms with Crippen LogP contribution in [0.25, 0.3) is 0 Å². The summed E-state index contributed by atoms with van der Waals surface area (Å²) in [5.74, 6) is -0.183. The molecule has 1 unspecified atom stereocenters. The molecule has 2 heteroatoms. The average Bonchev–Trinajstić information content (AvgIpc) is 2.43. The van der Waals surface area contributed by atoms with Crippen molar-refractivity contribution >= 4 is 0 Å². The van der Waals surface area contributed by atoms with Crippen molar-refractivity contribution in [1.82, 2.24) is 5.32 Å². The normalized spacial score (nSPS) is 12.4. The summed E-state index contributed by atoms with van der Waals surface area (Å²) in [6.07, 6.45) is 0.984. The predicted molar refractivity (Wildman–Crippen MR) is 77.5 cm³/mol. The second-order valence-electron chi connectivity index (χ2n) is 4.82. The molecule has 0 fully saturated rings. The maximum Gasteiger partial charge on any atom is 0.123 e. The van der Waals surface area contributed by atoms with E-state index in [4.69, 9.17) is 0 Å². The van der Waals surface area contributed by atoms with Crippen molar-refractivity contribution in [3.63, 3.8) is 0 Å². The number of nitrogens with one attached hydrogen (secondary N) is 1. The number of halogens is 1. The highest BCUT2D eigenvalue weighted by Gasteiger charge is 2.09. The molecular weight excluding hydrogens is 237 g/mol. The molecule has 0 saturated heterocycles. The van der Waals surface area contributed by atoms with Gasteiger partial charge in [-0.1, -0.05) is 43.3 Å². The van der Waals surface area contributed by atoms with Gasteiger partial charge in [0.1, 0.15) is 5.82 Å². The van der Waals surface area contributed by atoms with Gasteiger partial charge in [0.05, 0.1) is 0 Å². The summed E-state index contributed by atoms with van der Waals surface area (Å²) >= 11 is 0. The van der Waals surface area contributed by atoms with Crippen molar-refractivity contribution in [2.75, 3.05) is 0 Å². The minimum Gasteiger partial charge on any atom is -0.306 e. The van der Waals surface area contributed by atoms with E-state index in [1.807, 2.05) is 12.1 Å². The van der Waals surface area contributed by atoms with E-state index in [9.17, 15) is 4.39 Å². The largest absolute Gasteiger partial charge is 0.306 e. The van der Waals surface area contributed by atoms with Crippen LogP contribution >= 0.6 is 0 Å². The third kappa shape index (κ3) is 3.65. The molecule has 0 radical (unpaired) electrons. The Labute approximate surface area is 114 Å². The summed E-state index contributed by atoms with van der Waals surface area (Å²) in [6, 6.07) is 15.4. The van der Waals surface area contributed by atoms with Gasteiger partial charge in [-0.05, 0) is 42.2 Å². The fourth-order valence-corrected chi connectivity index (χ4v) is 2.23. The Morgan fingerprint density at radius 3 is 2.37 bits per heavy atom. The Balaban J connectivity index is 2.04. The topological polar surface area (TPSA) is 12.0 Å². The summed E-state index contributed by atoms with van der Waals surface area (Å²) in [5, 5.41) is 3.54. The van der Waals surface area contributed by atoms with E-state index >= 15 is 0 Å². The fourth-order valence-electron chi connectivity index (χ4n) is 2.23. The molecule has 0 bridgehead atoms. The first-order valence-corrected chi connectivity index (χ1v) is 6.74. The summed E-state index contributed by atoms with van der Waals surface area (Å²) in [7, 11) is 0. The van der Waals surface area contributed by atoms with Gasteiger partial charge in [0, 0.05) is 12.6 Å².